The smallest absolute Gasteiger partial charge is 0.414 e. The van der Waals surface area contributed by atoms with Crippen LogP contribution in [0.1, 0.15) is 20.8 Å². The molecule has 1 aromatic carbocycles. The van der Waals surface area contributed by atoms with Gasteiger partial charge in [0.05, 0.1) is 6.54 Å². The second kappa shape index (κ2) is 9.64. The Kier molecular flexibility index (Phi) is 8.00. The van der Waals surface area contributed by atoms with Crippen LogP contribution in [0.5, 0.6) is 0 Å². The van der Waals surface area contributed by atoms with Crippen molar-refractivity contribution in [1.29, 1.82) is 0 Å². The van der Waals surface area contributed by atoms with E-state index in [0.717, 1.165) is 24.5 Å². The second-order valence-corrected chi connectivity index (χ2v) is 7.79. The molecule has 0 saturated carbocycles. The van der Waals surface area contributed by atoms with Crippen molar-refractivity contribution >= 4 is 23.6 Å². The summed E-state index contributed by atoms with van der Waals surface area (Å²) >= 11 is 0. The number of hydrogen-bond donors (Lipinski definition) is 0. The van der Waals surface area contributed by atoms with Crippen LogP contribution in [0.3, 0.4) is 0 Å². The number of carbonyl (C=O) groups excluding carboxylic acids is 2. The summed E-state index contributed by atoms with van der Waals surface area (Å²) in [6.45, 7) is 8.76. The van der Waals surface area contributed by atoms with Gasteiger partial charge in [-0.3, -0.25) is 4.90 Å². The van der Waals surface area contributed by atoms with E-state index >= 15 is 0 Å². The van der Waals surface area contributed by atoms with Gasteiger partial charge in [0.2, 0.25) is 0 Å². The van der Waals surface area contributed by atoms with Gasteiger partial charge in [0, 0.05) is 81.6 Å². The van der Waals surface area contributed by atoms with Crippen LogP contribution in [0.4, 0.5) is 21.0 Å². The largest absolute Gasteiger partial charge is 0.674 e. The Morgan fingerprint density at radius 1 is 1.14 bits per heavy atom. The molecular formula is C19H27AcN4O4-. The van der Waals surface area contributed by atoms with Gasteiger partial charge >= 0.3 is 12.2 Å². The van der Waals surface area contributed by atoms with Gasteiger partial charge in [-0.2, -0.15) is 0 Å². The summed E-state index contributed by atoms with van der Waals surface area (Å²) in [5.74, 6) is 0. The summed E-state index contributed by atoms with van der Waals surface area (Å²) in [7, 11) is 0. The third kappa shape index (κ3) is 5.74. The summed E-state index contributed by atoms with van der Waals surface area (Å²) in [5.41, 5.74) is 8.69. The molecule has 2 aliphatic heterocycles. The zero-order valence-electron chi connectivity index (χ0n) is 16.7. The minimum Gasteiger partial charge on any atom is -0.674 e. The summed E-state index contributed by atoms with van der Waals surface area (Å²) < 4.78 is 10.6. The fourth-order valence-electron chi connectivity index (χ4n) is 3.16. The number of piperazine rings is 1. The van der Waals surface area contributed by atoms with Crippen molar-refractivity contribution in [2.45, 2.75) is 32.5 Å². The molecule has 151 valence electrons. The van der Waals surface area contributed by atoms with Gasteiger partial charge in [-0.25, -0.2) is 9.59 Å². The standard InChI is InChI=1S/C19H27N4O4.Ac/c1-19(2,3)27-17(24)22-10-8-21(9-11-22)14-4-6-15(7-5-14)23-13-16(12-20)26-18(23)25;/h4-7,16,20H,8-13H2,1-3H3;/q-1;. The molecule has 2 amide bonds. The van der Waals surface area contributed by atoms with E-state index in [1.165, 1.54) is 0 Å². The van der Waals surface area contributed by atoms with Crippen LogP contribution in [-0.4, -0.2) is 68.1 Å². The molecule has 1 N–H and O–H groups in total. The Balaban J connectivity index is 0.00000280. The van der Waals surface area contributed by atoms with E-state index in [9.17, 15) is 9.59 Å². The molecule has 28 heavy (non-hydrogen) atoms. The monoisotopic (exact) mass is 602 g/mol. The third-order valence-corrected chi connectivity index (χ3v) is 4.56. The van der Waals surface area contributed by atoms with Crippen LogP contribution in [0.2, 0.25) is 0 Å². The number of carbonyl (C=O) groups is 2. The number of rotatable bonds is 3. The average Bonchev–Trinajstić information content (AvgIpc) is 3.01. The molecule has 0 aliphatic carbocycles. The molecule has 8 nitrogen and oxygen atoms in total. The number of hydrogen-bond acceptors (Lipinski definition) is 5. The van der Waals surface area contributed by atoms with E-state index in [4.69, 9.17) is 15.2 Å². The first-order chi connectivity index (χ1) is 12.8. The minimum atomic E-state index is -0.486. The van der Waals surface area contributed by atoms with Gasteiger partial charge in [0.1, 0.15) is 11.7 Å². The maximum absolute atomic E-state index is 12.2. The van der Waals surface area contributed by atoms with E-state index in [1.54, 1.807) is 9.80 Å². The number of amides is 2. The molecule has 1 radical (unpaired) electrons. The van der Waals surface area contributed by atoms with E-state index in [0.29, 0.717) is 19.6 Å². The van der Waals surface area contributed by atoms with Crippen LogP contribution in [0.15, 0.2) is 24.3 Å². The first kappa shape index (κ1) is 23.2. The number of benzene rings is 1. The quantitative estimate of drug-likeness (QED) is 0.531. The molecule has 1 atom stereocenters. The fraction of sp³-hybridized carbons (Fsp3) is 0.579. The van der Waals surface area contributed by atoms with E-state index < -0.39 is 11.7 Å². The number of nitrogens with one attached hydrogen (secondary N) is 1. The molecule has 1 unspecified atom stereocenters. The van der Waals surface area contributed by atoms with Crippen molar-refractivity contribution in [3.05, 3.63) is 30.0 Å². The summed E-state index contributed by atoms with van der Waals surface area (Å²) in [6.07, 6.45) is -1.03. The van der Waals surface area contributed by atoms with E-state index in [1.807, 2.05) is 45.0 Å². The minimum absolute atomic E-state index is 0. The number of nitrogens with zero attached hydrogens (tertiary/aromatic N) is 3. The summed E-state index contributed by atoms with van der Waals surface area (Å²) in [4.78, 5) is 29.5. The molecule has 0 aromatic heterocycles. The predicted molar refractivity (Wildman–Crippen MR) is 103 cm³/mol. The van der Waals surface area contributed by atoms with Crippen molar-refractivity contribution in [2.75, 3.05) is 49.1 Å². The summed E-state index contributed by atoms with van der Waals surface area (Å²) in [6, 6.07) is 7.73. The van der Waals surface area contributed by atoms with Crippen LogP contribution in [-0.2, 0) is 9.47 Å². The molecule has 0 bridgehead atoms. The predicted octanol–water partition coefficient (Wildman–Crippen LogP) is 3.12. The van der Waals surface area contributed by atoms with E-state index in [2.05, 4.69) is 4.90 Å². The van der Waals surface area contributed by atoms with Crippen molar-refractivity contribution in [2.24, 2.45) is 0 Å². The van der Waals surface area contributed by atoms with Gasteiger partial charge in [0.25, 0.3) is 0 Å². The van der Waals surface area contributed by atoms with Crippen molar-refractivity contribution in [3.8, 4) is 0 Å². The normalized spacial score (nSPS) is 19.9. The maximum Gasteiger partial charge on any atom is 0.414 e. The molecule has 2 fully saturated rings. The van der Waals surface area contributed by atoms with Gasteiger partial charge in [-0.05, 0) is 45.0 Å². The first-order valence-corrected chi connectivity index (χ1v) is 9.22. The SMILES string of the molecule is CC(C)(C)OC(=O)N1CCN(c2ccc(N3CC(C[NH-])OC3=O)cc2)CC1.[Ac]. The number of ether oxygens (including phenoxy) is 2. The maximum atomic E-state index is 12.2. The molecule has 2 heterocycles. The topological polar surface area (TPSA) is 86.1 Å². The van der Waals surface area contributed by atoms with Crippen molar-refractivity contribution in [1.82, 2.24) is 4.90 Å². The number of anilines is 2. The van der Waals surface area contributed by atoms with Gasteiger partial charge in [0.15, 0.2) is 0 Å². The van der Waals surface area contributed by atoms with Crippen LogP contribution < -0.4 is 9.80 Å². The zero-order valence-corrected chi connectivity index (χ0v) is 21.4. The van der Waals surface area contributed by atoms with Gasteiger partial charge in [-0.1, -0.05) is 0 Å². The molecule has 9 heteroatoms. The molecule has 3 rings (SSSR count). The molecular weight excluding hydrogens is 575 g/mol. The Bertz CT molecular complexity index is 684. The molecule has 2 aliphatic rings. The molecule has 1 aromatic rings. The van der Waals surface area contributed by atoms with Gasteiger partial charge in [-0.15, -0.1) is 6.54 Å². The molecule has 0 spiro atoms. The fourth-order valence-corrected chi connectivity index (χ4v) is 3.16. The average molecular weight is 602 g/mol. The third-order valence-electron chi connectivity index (χ3n) is 4.56. The Morgan fingerprint density at radius 3 is 2.21 bits per heavy atom. The Hall–Kier alpha value is -1.04. The van der Waals surface area contributed by atoms with Crippen molar-refractivity contribution in [3.63, 3.8) is 0 Å². The van der Waals surface area contributed by atoms with Crippen molar-refractivity contribution < 1.29 is 63.1 Å². The number of cyclic esters (lactones) is 1. The second-order valence-electron chi connectivity index (χ2n) is 7.79. The van der Waals surface area contributed by atoms with Gasteiger partial charge < -0.3 is 25.0 Å². The van der Waals surface area contributed by atoms with Crippen LogP contribution in [0, 0.1) is 44.1 Å². The Labute approximate surface area is 201 Å². The zero-order chi connectivity index (χ0) is 19.6. The molecule has 2 saturated heterocycles. The van der Waals surface area contributed by atoms with E-state index in [-0.39, 0.29) is 62.8 Å². The van der Waals surface area contributed by atoms with Crippen LogP contribution >= 0.6 is 0 Å². The summed E-state index contributed by atoms with van der Waals surface area (Å²) in [5, 5.41) is 0. The van der Waals surface area contributed by atoms with Crippen LogP contribution in [0.25, 0.3) is 5.73 Å². The Morgan fingerprint density at radius 2 is 1.71 bits per heavy atom. The first-order valence-electron chi connectivity index (χ1n) is 9.22.